The van der Waals surface area contributed by atoms with E-state index in [1.54, 1.807) is 6.07 Å². The van der Waals surface area contributed by atoms with Gasteiger partial charge in [-0.15, -0.1) is 0 Å². The van der Waals surface area contributed by atoms with E-state index >= 15 is 0 Å². The molecule has 3 aliphatic rings. The van der Waals surface area contributed by atoms with Crippen molar-refractivity contribution in [2.75, 3.05) is 5.73 Å². The first-order valence-electron chi connectivity index (χ1n) is 4.04. The lowest BCUT2D eigenvalue weighted by Crippen LogP contribution is -2.67. The van der Waals surface area contributed by atoms with Crippen molar-refractivity contribution in [2.45, 2.75) is 30.3 Å². The highest BCUT2D eigenvalue weighted by Gasteiger charge is 2.70. The van der Waals surface area contributed by atoms with E-state index in [2.05, 4.69) is 5.16 Å². The SMILES string of the molecule is Nc1cc(C23CC(F)(C2)C3)no1. The highest BCUT2D eigenvalue weighted by molar-refractivity contribution is 5.39. The van der Waals surface area contributed by atoms with Crippen LogP contribution in [0.15, 0.2) is 10.6 Å². The highest BCUT2D eigenvalue weighted by Crippen LogP contribution is 2.69. The molecule has 0 unspecified atom stereocenters. The molecule has 4 rings (SSSR count). The van der Waals surface area contributed by atoms with Crippen LogP contribution in [0.4, 0.5) is 10.3 Å². The van der Waals surface area contributed by atoms with Gasteiger partial charge in [0, 0.05) is 11.5 Å². The first-order valence-corrected chi connectivity index (χ1v) is 4.04. The predicted octanol–water partition coefficient (Wildman–Crippen LogP) is 1.40. The van der Waals surface area contributed by atoms with Crippen LogP contribution in [0.2, 0.25) is 0 Å². The average Bonchev–Trinajstić information content (AvgIpc) is 2.26. The van der Waals surface area contributed by atoms with Crippen molar-refractivity contribution in [3.05, 3.63) is 11.8 Å². The fourth-order valence-corrected chi connectivity index (χ4v) is 2.47. The van der Waals surface area contributed by atoms with Gasteiger partial charge in [0.25, 0.3) is 0 Å². The monoisotopic (exact) mass is 168 g/mol. The van der Waals surface area contributed by atoms with E-state index < -0.39 is 5.67 Å². The number of alkyl halides is 1. The fourth-order valence-electron chi connectivity index (χ4n) is 2.47. The first kappa shape index (κ1) is 6.46. The normalized spacial score (nSPS) is 43.4. The Hall–Kier alpha value is -1.06. The first-order chi connectivity index (χ1) is 5.62. The van der Waals surface area contributed by atoms with Crippen LogP contribution in [-0.2, 0) is 5.41 Å². The summed E-state index contributed by atoms with van der Waals surface area (Å²) in [5.74, 6) is 0.322. The van der Waals surface area contributed by atoms with Crippen LogP contribution in [0.1, 0.15) is 25.0 Å². The molecule has 12 heavy (non-hydrogen) atoms. The molecule has 0 atom stereocenters. The van der Waals surface area contributed by atoms with Crippen molar-refractivity contribution in [2.24, 2.45) is 0 Å². The number of aromatic nitrogens is 1. The van der Waals surface area contributed by atoms with Gasteiger partial charge in [-0.2, -0.15) is 0 Å². The minimum Gasteiger partial charge on any atom is -0.368 e. The molecule has 3 aliphatic carbocycles. The number of halogens is 1. The lowest BCUT2D eigenvalue weighted by atomic mass is 9.41. The van der Waals surface area contributed by atoms with Crippen LogP contribution in [0.3, 0.4) is 0 Å². The van der Waals surface area contributed by atoms with E-state index in [0.29, 0.717) is 25.1 Å². The molecule has 2 bridgehead atoms. The van der Waals surface area contributed by atoms with Gasteiger partial charge in [-0.05, 0) is 19.3 Å². The Morgan fingerprint density at radius 1 is 1.50 bits per heavy atom. The second kappa shape index (κ2) is 1.51. The van der Waals surface area contributed by atoms with Crippen LogP contribution >= 0.6 is 0 Å². The van der Waals surface area contributed by atoms with E-state index in [-0.39, 0.29) is 5.41 Å². The zero-order valence-corrected chi connectivity index (χ0v) is 6.51. The molecular weight excluding hydrogens is 159 g/mol. The number of nitrogens with two attached hydrogens (primary N) is 1. The molecule has 1 heterocycles. The van der Waals surface area contributed by atoms with E-state index in [1.165, 1.54) is 0 Å². The van der Waals surface area contributed by atoms with Gasteiger partial charge in [0.2, 0.25) is 5.88 Å². The molecule has 0 spiro atoms. The number of rotatable bonds is 1. The average molecular weight is 168 g/mol. The van der Waals surface area contributed by atoms with Crippen LogP contribution in [-0.4, -0.2) is 10.8 Å². The summed E-state index contributed by atoms with van der Waals surface area (Å²) < 4.78 is 17.9. The molecule has 3 saturated carbocycles. The summed E-state index contributed by atoms with van der Waals surface area (Å²) in [6, 6.07) is 1.71. The zero-order chi connectivity index (χ0) is 8.40. The molecule has 3 fully saturated rings. The van der Waals surface area contributed by atoms with Gasteiger partial charge in [-0.1, -0.05) is 5.16 Å². The number of anilines is 1. The molecular formula is C8H9FN2O. The van der Waals surface area contributed by atoms with Gasteiger partial charge in [0.1, 0.15) is 5.67 Å². The minimum absolute atomic E-state index is 0.0180. The summed E-state index contributed by atoms with van der Waals surface area (Å²) in [6.45, 7) is 0. The van der Waals surface area contributed by atoms with Crippen molar-refractivity contribution >= 4 is 5.88 Å². The Morgan fingerprint density at radius 2 is 2.17 bits per heavy atom. The number of nitrogens with zero attached hydrogens (tertiary/aromatic N) is 1. The van der Waals surface area contributed by atoms with Crippen LogP contribution in [0.5, 0.6) is 0 Å². The van der Waals surface area contributed by atoms with Gasteiger partial charge < -0.3 is 10.3 Å². The molecule has 1 aromatic rings. The van der Waals surface area contributed by atoms with Gasteiger partial charge in [-0.25, -0.2) is 4.39 Å². The van der Waals surface area contributed by atoms with E-state index in [0.717, 1.165) is 5.69 Å². The maximum atomic E-state index is 13.1. The summed E-state index contributed by atoms with van der Waals surface area (Å²) in [7, 11) is 0. The maximum Gasteiger partial charge on any atom is 0.222 e. The van der Waals surface area contributed by atoms with Gasteiger partial charge >= 0.3 is 0 Å². The van der Waals surface area contributed by atoms with Gasteiger partial charge in [-0.3, -0.25) is 0 Å². The Bertz CT molecular complexity index is 327. The summed E-state index contributed by atoms with van der Waals surface area (Å²) in [4.78, 5) is 0. The third-order valence-corrected chi connectivity index (χ3v) is 3.04. The Labute approximate surface area is 68.7 Å². The Balaban J connectivity index is 1.93. The summed E-state index contributed by atoms with van der Waals surface area (Å²) in [5, 5.41) is 3.81. The van der Waals surface area contributed by atoms with Crippen LogP contribution in [0, 0.1) is 0 Å². The molecule has 64 valence electrons. The second-order valence-corrected chi connectivity index (χ2v) is 4.08. The molecule has 4 heteroatoms. The van der Waals surface area contributed by atoms with Crippen molar-refractivity contribution in [3.8, 4) is 0 Å². The smallest absolute Gasteiger partial charge is 0.222 e. The topological polar surface area (TPSA) is 52.0 Å². The highest BCUT2D eigenvalue weighted by atomic mass is 19.1. The summed E-state index contributed by atoms with van der Waals surface area (Å²) in [5.41, 5.74) is 5.32. The molecule has 0 saturated heterocycles. The van der Waals surface area contributed by atoms with Crippen molar-refractivity contribution in [1.29, 1.82) is 0 Å². The third-order valence-electron chi connectivity index (χ3n) is 3.04. The molecule has 0 aliphatic heterocycles. The summed E-state index contributed by atoms with van der Waals surface area (Å²) in [6.07, 6.45) is 1.81. The fraction of sp³-hybridized carbons (Fsp3) is 0.625. The van der Waals surface area contributed by atoms with Crippen molar-refractivity contribution < 1.29 is 8.91 Å². The number of hydrogen-bond donors (Lipinski definition) is 1. The molecule has 0 amide bonds. The maximum absolute atomic E-state index is 13.1. The van der Waals surface area contributed by atoms with Crippen LogP contribution in [0.25, 0.3) is 0 Å². The molecule has 2 N–H and O–H groups in total. The van der Waals surface area contributed by atoms with Gasteiger partial charge in [0.15, 0.2) is 0 Å². The second-order valence-electron chi connectivity index (χ2n) is 4.08. The predicted molar refractivity (Wildman–Crippen MR) is 40.3 cm³/mol. The standard InChI is InChI=1S/C8H9FN2O/c9-8-2-7(3-8,4-8)5-1-6(10)12-11-5/h1H,2-4,10H2. The number of nitrogen functional groups attached to an aromatic ring is 1. The molecule has 3 nitrogen and oxygen atoms in total. The number of hydrogen-bond acceptors (Lipinski definition) is 3. The lowest BCUT2D eigenvalue weighted by molar-refractivity contribution is -0.160. The Kier molecular flexibility index (Phi) is 0.812. The quantitative estimate of drug-likeness (QED) is 0.689. The minimum atomic E-state index is -0.881. The zero-order valence-electron chi connectivity index (χ0n) is 6.51. The van der Waals surface area contributed by atoms with Crippen molar-refractivity contribution in [1.82, 2.24) is 5.16 Å². The third kappa shape index (κ3) is 0.552. The van der Waals surface area contributed by atoms with Gasteiger partial charge in [0.05, 0.1) is 5.69 Å². The lowest BCUT2D eigenvalue weighted by Gasteiger charge is -2.64. The molecule has 0 radical (unpaired) electrons. The molecule has 0 aromatic carbocycles. The van der Waals surface area contributed by atoms with E-state index in [4.69, 9.17) is 10.3 Å². The van der Waals surface area contributed by atoms with E-state index in [9.17, 15) is 4.39 Å². The Morgan fingerprint density at radius 3 is 2.58 bits per heavy atom. The van der Waals surface area contributed by atoms with Crippen LogP contribution < -0.4 is 5.73 Å². The molecule has 1 aromatic heterocycles. The van der Waals surface area contributed by atoms with E-state index in [1.807, 2.05) is 0 Å². The largest absolute Gasteiger partial charge is 0.368 e. The summed E-state index contributed by atoms with van der Waals surface area (Å²) >= 11 is 0. The van der Waals surface area contributed by atoms with Crippen molar-refractivity contribution in [3.63, 3.8) is 0 Å².